The first kappa shape index (κ1) is 39.1. The van der Waals surface area contributed by atoms with Gasteiger partial charge in [0.05, 0.1) is 14.2 Å². The maximum Gasteiger partial charge on any atom is 0.225 e. The standard InChI is InChI=1S/C25H39N3O2.C19H30N2O/c1-3-14-28(23-6-4-19-5-7-24(30-2)18-21(19)17-23)22-10-15-27(16-11-22)25(29)20-8-12-26-13-9-20;1-3-12-21(17-8-10-20-11-9-17)18-6-4-15-5-7-19(22-2)14-16(15)13-18/h5,7,18,20,22-23,26H,3-4,6,8-17H2,1-2H3;5,7,14,17-18,20H,3-4,6,8-13H2,1-2H3/t23-;18-/m11/s1. The van der Waals surface area contributed by atoms with Gasteiger partial charge < -0.3 is 25.0 Å². The number of piperidine rings is 3. The van der Waals surface area contributed by atoms with Crippen LogP contribution in [0.25, 0.3) is 0 Å². The SMILES string of the molecule is CCCN(C1CCN(C(=O)C2CCNCC2)CC1)[C@@H]1CCc2ccc(OC)cc2C1.CCCN(C1CCNCC1)[C@@H]1CCc2ccc(OC)cc2C1. The molecule has 3 heterocycles. The second-order valence-corrected chi connectivity index (χ2v) is 16.1. The third kappa shape index (κ3) is 9.90. The van der Waals surface area contributed by atoms with Crippen LogP contribution in [0.4, 0.5) is 0 Å². The first-order valence-electron chi connectivity index (χ1n) is 21.0. The van der Waals surface area contributed by atoms with Gasteiger partial charge in [-0.15, -0.1) is 0 Å². The van der Waals surface area contributed by atoms with Gasteiger partial charge in [-0.2, -0.15) is 0 Å². The number of carbonyl (C=O) groups excluding carboxylic acids is 1. The normalized spacial score (nSPS) is 23.1. The van der Waals surface area contributed by atoms with E-state index < -0.39 is 0 Å². The molecule has 7 rings (SSSR count). The van der Waals surface area contributed by atoms with Crippen molar-refractivity contribution in [1.82, 2.24) is 25.3 Å². The summed E-state index contributed by atoms with van der Waals surface area (Å²) in [5, 5.41) is 6.88. The number of likely N-dealkylation sites (tertiary alicyclic amines) is 1. The summed E-state index contributed by atoms with van der Waals surface area (Å²) in [6.45, 7) is 13.2. The number of rotatable bonds is 11. The van der Waals surface area contributed by atoms with Crippen LogP contribution < -0.4 is 20.1 Å². The minimum Gasteiger partial charge on any atom is -0.497 e. The fourth-order valence-corrected chi connectivity index (χ4v) is 9.97. The third-order valence-electron chi connectivity index (χ3n) is 12.8. The van der Waals surface area contributed by atoms with Gasteiger partial charge in [0, 0.05) is 43.2 Å². The van der Waals surface area contributed by atoms with Crippen molar-refractivity contribution in [2.24, 2.45) is 5.92 Å². The molecule has 0 bridgehead atoms. The van der Waals surface area contributed by atoms with Gasteiger partial charge in [-0.25, -0.2) is 0 Å². The van der Waals surface area contributed by atoms with E-state index in [9.17, 15) is 4.79 Å². The van der Waals surface area contributed by atoms with E-state index in [1.807, 2.05) is 0 Å². The number of hydrogen-bond donors (Lipinski definition) is 2. The number of methoxy groups -OCH3 is 2. The Kier molecular flexibility index (Phi) is 14.7. The average molecular weight is 716 g/mol. The number of fused-ring (bicyclic) bond motifs is 2. The zero-order valence-electron chi connectivity index (χ0n) is 33.0. The number of amides is 1. The second kappa shape index (κ2) is 19.6. The number of carbonyl (C=O) groups is 1. The molecule has 2 N–H and O–H groups in total. The molecule has 2 aromatic rings. The van der Waals surface area contributed by atoms with E-state index in [0.29, 0.717) is 24.0 Å². The van der Waals surface area contributed by atoms with E-state index in [1.165, 1.54) is 93.3 Å². The van der Waals surface area contributed by atoms with E-state index in [1.54, 1.807) is 14.2 Å². The molecule has 0 unspecified atom stereocenters. The molecule has 0 spiro atoms. The van der Waals surface area contributed by atoms with E-state index in [-0.39, 0.29) is 5.92 Å². The van der Waals surface area contributed by atoms with E-state index in [2.05, 4.69) is 75.6 Å². The number of nitrogens with zero attached hydrogens (tertiary/aromatic N) is 3. The largest absolute Gasteiger partial charge is 0.497 e. The Bertz CT molecular complexity index is 1400. The Morgan fingerprint density at radius 2 is 1.10 bits per heavy atom. The topological polar surface area (TPSA) is 69.3 Å². The Morgan fingerprint density at radius 1 is 0.635 bits per heavy atom. The maximum absolute atomic E-state index is 12.9. The molecule has 2 atom stereocenters. The van der Waals surface area contributed by atoms with Crippen molar-refractivity contribution in [2.75, 3.05) is 66.6 Å². The summed E-state index contributed by atoms with van der Waals surface area (Å²) in [5.74, 6) is 2.64. The average Bonchev–Trinajstić information content (AvgIpc) is 3.21. The molecule has 2 aromatic carbocycles. The summed E-state index contributed by atoms with van der Waals surface area (Å²) in [5.41, 5.74) is 5.99. The summed E-state index contributed by atoms with van der Waals surface area (Å²) in [4.78, 5) is 20.7. The third-order valence-corrected chi connectivity index (χ3v) is 12.8. The van der Waals surface area contributed by atoms with Gasteiger partial charge in [-0.1, -0.05) is 26.0 Å². The molecule has 8 heteroatoms. The summed E-state index contributed by atoms with van der Waals surface area (Å²) in [6.07, 6.45) is 16.6. The van der Waals surface area contributed by atoms with Crippen LogP contribution in [-0.2, 0) is 30.5 Å². The van der Waals surface area contributed by atoms with E-state index in [0.717, 1.165) is 88.8 Å². The molecule has 1 amide bonds. The predicted molar refractivity (Wildman–Crippen MR) is 213 cm³/mol. The maximum atomic E-state index is 12.9. The van der Waals surface area contributed by atoms with Crippen molar-refractivity contribution in [3.05, 3.63) is 58.7 Å². The second-order valence-electron chi connectivity index (χ2n) is 16.1. The molecule has 2 aliphatic carbocycles. The molecule has 3 aliphatic heterocycles. The summed E-state index contributed by atoms with van der Waals surface area (Å²) in [7, 11) is 3.52. The van der Waals surface area contributed by atoms with Gasteiger partial charge in [-0.05, 0) is 176 Å². The Balaban J connectivity index is 0.000000187. The first-order valence-corrected chi connectivity index (χ1v) is 21.0. The number of benzene rings is 2. The molecule has 3 saturated heterocycles. The van der Waals surface area contributed by atoms with Crippen LogP contribution in [0.2, 0.25) is 0 Å². The van der Waals surface area contributed by atoms with Gasteiger partial charge in [-0.3, -0.25) is 14.6 Å². The predicted octanol–water partition coefficient (Wildman–Crippen LogP) is 6.27. The molecule has 8 nitrogen and oxygen atoms in total. The summed E-state index contributed by atoms with van der Waals surface area (Å²) in [6, 6.07) is 15.9. The fraction of sp³-hybridized carbons (Fsp3) is 0.705. The highest BCUT2D eigenvalue weighted by atomic mass is 16.5. The van der Waals surface area contributed by atoms with Crippen LogP contribution in [0.1, 0.15) is 100 Å². The Hall–Kier alpha value is -2.65. The molecule has 52 heavy (non-hydrogen) atoms. The smallest absolute Gasteiger partial charge is 0.225 e. The van der Waals surface area contributed by atoms with Gasteiger partial charge in [0.25, 0.3) is 0 Å². The number of aryl methyl sites for hydroxylation is 2. The fourth-order valence-electron chi connectivity index (χ4n) is 9.97. The minimum absolute atomic E-state index is 0.249. The lowest BCUT2D eigenvalue weighted by Gasteiger charge is -2.44. The van der Waals surface area contributed by atoms with Crippen LogP contribution in [-0.4, -0.2) is 111 Å². The quantitative estimate of drug-likeness (QED) is 0.284. The number of hydrogen-bond acceptors (Lipinski definition) is 7. The molecule has 0 saturated carbocycles. The summed E-state index contributed by atoms with van der Waals surface area (Å²) < 4.78 is 10.9. The van der Waals surface area contributed by atoms with Crippen LogP contribution in [0, 0.1) is 5.92 Å². The van der Waals surface area contributed by atoms with Crippen molar-refractivity contribution >= 4 is 5.91 Å². The van der Waals surface area contributed by atoms with Gasteiger partial charge in [0.15, 0.2) is 0 Å². The van der Waals surface area contributed by atoms with Gasteiger partial charge in [0.2, 0.25) is 5.91 Å². The van der Waals surface area contributed by atoms with Crippen LogP contribution in [0.5, 0.6) is 11.5 Å². The Labute approximate surface area is 315 Å². The molecule has 288 valence electrons. The molecule has 0 radical (unpaired) electrons. The molecular weight excluding hydrogens is 647 g/mol. The van der Waals surface area contributed by atoms with Crippen molar-refractivity contribution in [2.45, 2.75) is 128 Å². The van der Waals surface area contributed by atoms with Crippen molar-refractivity contribution in [3.8, 4) is 11.5 Å². The van der Waals surface area contributed by atoms with Crippen LogP contribution >= 0.6 is 0 Å². The number of ether oxygens (including phenoxy) is 2. The van der Waals surface area contributed by atoms with Gasteiger partial charge in [0.1, 0.15) is 11.5 Å². The highest BCUT2D eigenvalue weighted by molar-refractivity contribution is 5.79. The molecule has 5 aliphatic rings. The molecule has 3 fully saturated rings. The van der Waals surface area contributed by atoms with Crippen LogP contribution in [0.3, 0.4) is 0 Å². The lowest BCUT2D eigenvalue weighted by atomic mass is 9.85. The summed E-state index contributed by atoms with van der Waals surface area (Å²) >= 11 is 0. The first-order chi connectivity index (χ1) is 25.5. The molecular formula is C44H69N5O3. The van der Waals surface area contributed by atoms with Crippen molar-refractivity contribution in [3.63, 3.8) is 0 Å². The van der Waals surface area contributed by atoms with Crippen molar-refractivity contribution < 1.29 is 14.3 Å². The lowest BCUT2D eigenvalue weighted by molar-refractivity contribution is -0.138. The highest BCUT2D eigenvalue weighted by Crippen LogP contribution is 2.32. The zero-order chi connectivity index (χ0) is 36.3. The van der Waals surface area contributed by atoms with Gasteiger partial charge >= 0.3 is 0 Å². The van der Waals surface area contributed by atoms with Crippen molar-refractivity contribution in [1.29, 1.82) is 0 Å². The minimum atomic E-state index is 0.249. The van der Waals surface area contributed by atoms with E-state index >= 15 is 0 Å². The monoisotopic (exact) mass is 716 g/mol. The highest BCUT2D eigenvalue weighted by Gasteiger charge is 2.35. The zero-order valence-corrected chi connectivity index (χ0v) is 33.0. The molecule has 0 aromatic heterocycles. The van der Waals surface area contributed by atoms with E-state index in [4.69, 9.17) is 9.47 Å². The Morgan fingerprint density at radius 3 is 1.56 bits per heavy atom. The lowest BCUT2D eigenvalue weighted by Crippen LogP contribution is -2.52. The van der Waals surface area contributed by atoms with Crippen LogP contribution in [0.15, 0.2) is 36.4 Å². The number of nitrogens with one attached hydrogen (secondary N) is 2.